The molecular formula is C19H30N4O2. The van der Waals surface area contributed by atoms with Gasteiger partial charge in [0.15, 0.2) is 5.96 Å². The van der Waals surface area contributed by atoms with Crippen LogP contribution in [0.4, 0.5) is 5.69 Å². The summed E-state index contributed by atoms with van der Waals surface area (Å²) >= 11 is 0. The highest BCUT2D eigenvalue weighted by molar-refractivity contribution is 5.84. The normalized spacial score (nSPS) is 18.2. The van der Waals surface area contributed by atoms with Gasteiger partial charge >= 0.3 is 5.97 Å². The van der Waals surface area contributed by atoms with Crippen LogP contribution in [0.1, 0.15) is 32.8 Å². The number of hydrogen-bond donors (Lipinski definition) is 2. The summed E-state index contributed by atoms with van der Waals surface area (Å²) in [5, 5.41) is 6.41. The molecule has 1 aromatic rings. The van der Waals surface area contributed by atoms with Crippen molar-refractivity contribution >= 4 is 17.6 Å². The number of esters is 1. The highest BCUT2D eigenvalue weighted by Gasteiger charge is 2.24. The SMILES string of the molecule is CN=C(NCC(=O)OC(C)(C)C)NC1CCN(c2ccc(C)cc2)C1. The molecule has 1 heterocycles. The lowest BCUT2D eigenvalue weighted by Crippen LogP contribution is -2.46. The molecule has 25 heavy (non-hydrogen) atoms. The second kappa shape index (κ2) is 8.23. The Kier molecular flexibility index (Phi) is 6.28. The molecule has 2 rings (SSSR count). The van der Waals surface area contributed by atoms with Crippen LogP contribution in [-0.4, -0.2) is 50.3 Å². The van der Waals surface area contributed by atoms with Gasteiger partial charge < -0.3 is 20.3 Å². The standard InChI is InChI=1S/C19H30N4O2/c1-14-6-8-16(9-7-14)23-11-10-15(13-23)22-18(20-5)21-12-17(24)25-19(2,3)4/h6-9,15H,10-13H2,1-5H3,(H2,20,21,22). The lowest BCUT2D eigenvalue weighted by atomic mass is 10.2. The van der Waals surface area contributed by atoms with Crippen molar-refractivity contribution in [1.82, 2.24) is 10.6 Å². The van der Waals surface area contributed by atoms with E-state index < -0.39 is 5.60 Å². The number of carbonyl (C=O) groups is 1. The van der Waals surface area contributed by atoms with Gasteiger partial charge in [-0.2, -0.15) is 0 Å². The fraction of sp³-hybridized carbons (Fsp3) is 0.579. The molecule has 0 saturated carbocycles. The van der Waals surface area contributed by atoms with Crippen LogP contribution in [0.15, 0.2) is 29.3 Å². The van der Waals surface area contributed by atoms with Crippen LogP contribution in [0.5, 0.6) is 0 Å². The molecule has 1 atom stereocenters. The highest BCUT2D eigenvalue weighted by atomic mass is 16.6. The van der Waals surface area contributed by atoms with Crippen LogP contribution < -0.4 is 15.5 Å². The summed E-state index contributed by atoms with van der Waals surface area (Å²) in [6.45, 7) is 9.69. The molecule has 0 radical (unpaired) electrons. The van der Waals surface area contributed by atoms with Crippen LogP contribution in [-0.2, 0) is 9.53 Å². The Morgan fingerprint density at radius 2 is 2.00 bits per heavy atom. The largest absolute Gasteiger partial charge is 0.459 e. The molecule has 0 amide bonds. The summed E-state index contributed by atoms with van der Waals surface area (Å²) in [6, 6.07) is 8.89. The summed E-state index contributed by atoms with van der Waals surface area (Å²) in [4.78, 5) is 18.4. The second-order valence-electron chi connectivity index (χ2n) is 7.42. The minimum Gasteiger partial charge on any atom is -0.459 e. The maximum Gasteiger partial charge on any atom is 0.325 e. The summed E-state index contributed by atoms with van der Waals surface area (Å²) in [6.07, 6.45) is 1.03. The molecule has 1 aliphatic heterocycles. The lowest BCUT2D eigenvalue weighted by Gasteiger charge is -2.22. The van der Waals surface area contributed by atoms with Gasteiger partial charge in [-0.05, 0) is 46.2 Å². The molecule has 6 nitrogen and oxygen atoms in total. The number of nitrogens with one attached hydrogen (secondary N) is 2. The number of aryl methyl sites for hydroxylation is 1. The molecule has 1 aliphatic rings. The molecule has 1 unspecified atom stereocenters. The van der Waals surface area contributed by atoms with Crippen molar-refractivity contribution in [2.45, 2.75) is 45.8 Å². The van der Waals surface area contributed by atoms with E-state index in [1.807, 2.05) is 20.8 Å². The number of benzene rings is 1. The molecule has 6 heteroatoms. The van der Waals surface area contributed by atoms with Gasteiger partial charge in [-0.25, -0.2) is 0 Å². The van der Waals surface area contributed by atoms with E-state index in [1.165, 1.54) is 11.3 Å². The van der Waals surface area contributed by atoms with Gasteiger partial charge in [0.25, 0.3) is 0 Å². The number of carbonyl (C=O) groups excluding carboxylic acids is 1. The Labute approximate surface area is 150 Å². The number of ether oxygens (including phenoxy) is 1. The first-order chi connectivity index (χ1) is 11.8. The zero-order valence-electron chi connectivity index (χ0n) is 15.9. The lowest BCUT2D eigenvalue weighted by molar-refractivity contribution is -0.153. The number of aliphatic imine (C=N–C) groups is 1. The molecule has 0 aliphatic carbocycles. The van der Waals surface area contributed by atoms with Crippen molar-refractivity contribution in [3.63, 3.8) is 0 Å². The second-order valence-corrected chi connectivity index (χ2v) is 7.42. The van der Waals surface area contributed by atoms with E-state index in [4.69, 9.17) is 4.74 Å². The van der Waals surface area contributed by atoms with E-state index in [9.17, 15) is 4.79 Å². The third-order valence-corrected chi connectivity index (χ3v) is 3.97. The van der Waals surface area contributed by atoms with Crippen LogP contribution in [0.25, 0.3) is 0 Å². The monoisotopic (exact) mass is 346 g/mol. The predicted octanol–water partition coefficient (Wildman–Crippen LogP) is 2.08. The molecule has 0 bridgehead atoms. The Morgan fingerprint density at radius 1 is 1.32 bits per heavy atom. The van der Waals surface area contributed by atoms with Gasteiger partial charge in [0.1, 0.15) is 12.1 Å². The van der Waals surface area contributed by atoms with Crippen molar-refractivity contribution in [2.75, 3.05) is 31.6 Å². The zero-order chi connectivity index (χ0) is 18.4. The fourth-order valence-corrected chi connectivity index (χ4v) is 2.79. The van der Waals surface area contributed by atoms with Gasteiger partial charge in [-0.3, -0.25) is 9.79 Å². The first kappa shape index (κ1) is 19.1. The van der Waals surface area contributed by atoms with Crippen molar-refractivity contribution in [2.24, 2.45) is 4.99 Å². The van der Waals surface area contributed by atoms with Gasteiger partial charge in [0.05, 0.1) is 0 Å². The van der Waals surface area contributed by atoms with Crippen molar-refractivity contribution in [3.05, 3.63) is 29.8 Å². The molecule has 1 aromatic carbocycles. The minimum atomic E-state index is -0.476. The average molecular weight is 346 g/mol. The summed E-state index contributed by atoms with van der Waals surface area (Å²) in [7, 11) is 1.71. The Morgan fingerprint density at radius 3 is 2.60 bits per heavy atom. The average Bonchev–Trinajstić information content (AvgIpc) is 2.99. The van der Waals surface area contributed by atoms with Gasteiger partial charge in [0, 0.05) is 31.9 Å². The Hall–Kier alpha value is -2.24. The van der Waals surface area contributed by atoms with Crippen LogP contribution >= 0.6 is 0 Å². The highest BCUT2D eigenvalue weighted by Crippen LogP contribution is 2.20. The van der Waals surface area contributed by atoms with Crippen LogP contribution in [0.3, 0.4) is 0 Å². The number of nitrogens with zero attached hydrogens (tertiary/aromatic N) is 2. The first-order valence-electron chi connectivity index (χ1n) is 8.77. The Bertz CT molecular complexity index is 605. The van der Waals surface area contributed by atoms with E-state index in [-0.39, 0.29) is 12.5 Å². The summed E-state index contributed by atoms with van der Waals surface area (Å²) in [5.41, 5.74) is 2.03. The van der Waals surface area contributed by atoms with E-state index in [0.29, 0.717) is 12.0 Å². The molecular weight excluding hydrogens is 316 g/mol. The maximum atomic E-state index is 11.8. The fourth-order valence-electron chi connectivity index (χ4n) is 2.79. The molecule has 0 spiro atoms. The number of hydrogen-bond acceptors (Lipinski definition) is 4. The van der Waals surface area contributed by atoms with Gasteiger partial charge in [-0.15, -0.1) is 0 Å². The number of rotatable bonds is 4. The van der Waals surface area contributed by atoms with Gasteiger partial charge in [-0.1, -0.05) is 17.7 Å². The molecule has 1 fully saturated rings. The van der Waals surface area contributed by atoms with Crippen molar-refractivity contribution in [3.8, 4) is 0 Å². The van der Waals surface area contributed by atoms with Crippen LogP contribution in [0.2, 0.25) is 0 Å². The minimum absolute atomic E-state index is 0.103. The van der Waals surface area contributed by atoms with Gasteiger partial charge in [0.2, 0.25) is 0 Å². The first-order valence-corrected chi connectivity index (χ1v) is 8.77. The molecule has 0 aromatic heterocycles. The van der Waals surface area contributed by atoms with Crippen molar-refractivity contribution in [1.29, 1.82) is 0 Å². The maximum absolute atomic E-state index is 11.8. The third kappa shape index (κ3) is 6.29. The molecule has 2 N–H and O–H groups in total. The summed E-state index contributed by atoms with van der Waals surface area (Å²) < 4.78 is 5.29. The van der Waals surface area contributed by atoms with Crippen molar-refractivity contribution < 1.29 is 9.53 Å². The van der Waals surface area contributed by atoms with Crippen LogP contribution in [0, 0.1) is 6.92 Å². The summed E-state index contributed by atoms with van der Waals surface area (Å²) in [5.74, 6) is 0.338. The number of guanidine groups is 1. The van der Waals surface area contributed by atoms with E-state index in [0.717, 1.165) is 19.5 Å². The third-order valence-electron chi connectivity index (χ3n) is 3.97. The molecule has 138 valence electrons. The molecule has 1 saturated heterocycles. The van der Waals surface area contributed by atoms with E-state index in [1.54, 1.807) is 7.05 Å². The Balaban J connectivity index is 1.80. The zero-order valence-corrected chi connectivity index (χ0v) is 15.9. The van der Waals surface area contributed by atoms with E-state index in [2.05, 4.69) is 51.7 Å². The smallest absolute Gasteiger partial charge is 0.325 e. The quantitative estimate of drug-likeness (QED) is 0.496. The predicted molar refractivity (Wildman–Crippen MR) is 102 cm³/mol. The topological polar surface area (TPSA) is 66.0 Å². The van der Waals surface area contributed by atoms with E-state index >= 15 is 0 Å². The number of anilines is 1.